The number of benzene rings is 1. The number of hydrogen-bond donors (Lipinski definition) is 2. The molecule has 0 radical (unpaired) electrons. The SMILES string of the molecule is CCN[C@@H]1CCC[C@H](Oc2ccc3[nH]ncc3c2OC)C1. The smallest absolute Gasteiger partial charge is 0.171 e. The number of aromatic nitrogens is 2. The van der Waals surface area contributed by atoms with Crippen molar-refractivity contribution in [1.82, 2.24) is 15.5 Å². The van der Waals surface area contributed by atoms with E-state index < -0.39 is 0 Å². The number of nitrogens with zero attached hydrogens (tertiary/aromatic N) is 1. The summed E-state index contributed by atoms with van der Waals surface area (Å²) >= 11 is 0. The molecule has 5 heteroatoms. The van der Waals surface area contributed by atoms with Crippen LogP contribution in [0.5, 0.6) is 11.5 Å². The predicted molar refractivity (Wildman–Crippen MR) is 83.0 cm³/mol. The summed E-state index contributed by atoms with van der Waals surface area (Å²) in [5, 5.41) is 11.5. The van der Waals surface area contributed by atoms with Gasteiger partial charge in [0.25, 0.3) is 0 Å². The topological polar surface area (TPSA) is 59.2 Å². The first-order valence-electron chi connectivity index (χ1n) is 7.72. The Kier molecular flexibility index (Phi) is 4.29. The molecule has 0 saturated heterocycles. The van der Waals surface area contributed by atoms with Gasteiger partial charge in [-0.3, -0.25) is 5.10 Å². The van der Waals surface area contributed by atoms with E-state index in [1.807, 2.05) is 12.1 Å². The van der Waals surface area contributed by atoms with Crippen LogP contribution in [0.2, 0.25) is 0 Å². The molecule has 0 unspecified atom stereocenters. The van der Waals surface area contributed by atoms with E-state index in [1.165, 1.54) is 12.8 Å². The zero-order chi connectivity index (χ0) is 14.7. The molecule has 5 nitrogen and oxygen atoms in total. The fraction of sp³-hybridized carbons (Fsp3) is 0.562. The first kappa shape index (κ1) is 14.2. The van der Waals surface area contributed by atoms with Gasteiger partial charge in [-0.05, 0) is 44.4 Å². The van der Waals surface area contributed by atoms with Gasteiger partial charge in [0.05, 0.1) is 24.2 Å². The molecule has 3 rings (SSSR count). The molecular formula is C16H23N3O2. The van der Waals surface area contributed by atoms with Gasteiger partial charge in [0.2, 0.25) is 0 Å². The summed E-state index contributed by atoms with van der Waals surface area (Å²) in [5.41, 5.74) is 0.966. The second-order valence-electron chi connectivity index (χ2n) is 5.59. The summed E-state index contributed by atoms with van der Waals surface area (Å²) in [6.07, 6.45) is 6.64. The van der Waals surface area contributed by atoms with Gasteiger partial charge in [-0.15, -0.1) is 0 Å². The number of rotatable bonds is 5. The van der Waals surface area contributed by atoms with Gasteiger partial charge in [-0.1, -0.05) is 6.92 Å². The average molecular weight is 289 g/mol. The molecule has 2 aromatic rings. The molecule has 1 fully saturated rings. The van der Waals surface area contributed by atoms with Gasteiger partial charge in [-0.2, -0.15) is 5.10 Å². The van der Waals surface area contributed by atoms with Gasteiger partial charge >= 0.3 is 0 Å². The Labute approximate surface area is 125 Å². The molecular weight excluding hydrogens is 266 g/mol. The maximum absolute atomic E-state index is 6.22. The first-order valence-corrected chi connectivity index (χ1v) is 7.72. The normalized spacial score (nSPS) is 22.4. The van der Waals surface area contributed by atoms with Crippen molar-refractivity contribution in [3.8, 4) is 11.5 Å². The molecule has 1 aromatic heterocycles. The lowest BCUT2D eigenvalue weighted by Gasteiger charge is -2.30. The maximum Gasteiger partial charge on any atom is 0.171 e. The third kappa shape index (κ3) is 2.97. The standard InChI is InChI=1S/C16H23N3O2/c1-3-17-11-5-4-6-12(9-11)21-15-8-7-14-13(10-18-19-14)16(15)20-2/h7-8,10-12,17H,3-6,9H2,1-2H3,(H,18,19)/t11-,12+/m1/s1. The van der Waals surface area contributed by atoms with Crippen LogP contribution >= 0.6 is 0 Å². The molecule has 0 aliphatic heterocycles. The number of hydrogen-bond acceptors (Lipinski definition) is 4. The van der Waals surface area contributed by atoms with Crippen LogP contribution in [0.4, 0.5) is 0 Å². The number of ether oxygens (including phenoxy) is 2. The van der Waals surface area contributed by atoms with E-state index in [-0.39, 0.29) is 6.10 Å². The van der Waals surface area contributed by atoms with E-state index >= 15 is 0 Å². The van der Waals surface area contributed by atoms with Crippen molar-refractivity contribution < 1.29 is 9.47 Å². The predicted octanol–water partition coefficient (Wildman–Crippen LogP) is 2.87. The van der Waals surface area contributed by atoms with E-state index in [1.54, 1.807) is 13.3 Å². The summed E-state index contributed by atoms with van der Waals surface area (Å²) in [7, 11) is 1.68. The summed E-state index contributed by atoms with van der Waals surface area (Å²) in [5.74, 6) is 1.58. The Balaban J connectivity index is 1.77. The summed E-state index contributed by atoms with van der Waals surface area (Å²) in [6, 6.07) is 4.53. The lowest BCUT2D eigenvalue weighted by atomic mass is 9.93. The Bertz CT molecular complexity index is 594. The maximum atomic E-state index is 6.22. The van der Waals surface area contributed by atoms with Crippen molar-refractivity contribution >= 4 is 10.9 Å². The van der Waals surface area contributed by atoms with Gasteiger partial charge < -0.3 is 14.8 Å². The van der Waals surface area contributed by atoms with Gasteiger partial charge in [0.15, 0.2) is 11.5 Å². The Hall–Kier alpha value is -1.75. The second kappa shape index (κ2) is 6.35. The highest BCUT2D eigenvalue weighted by molar-refractivity contribution is 5.87. The molecule has 1 aliphatic rings. The summed E-state index contributed by atoms with van der Waals surface area (Å²) < 4.78 is 11.8. The van der Waals surface area contributed by atoms with E-state index in [0.717, 1.165) is 41.8 Å². The molecule has 1 saturated carbocycles. The first-order chi connectivity index (χ1) is 10.3. The fourth-order valence-corrected chi connectivity index (χ4v) is 3.18. The third-order valence-corrected chi connectivity index (χ3v) is 4.16. The van der Waals surface area contributed by atoms with Crippen molar-refractivity contribution in [2.75, 3.05) is 13.7 Å². The van der Waals surface area contributed by atoms with E-state index in [4.69, 9.17) is 9.47 Å². The molecule has 1 aromatic carbocycles. The van der Waals surface area contributed by atoms with Crippen molar-refractivity contribution in [2.45, 2.75) is 44.8 Å². The molecule has 1 aliphatic carbocycles. The Morgan fingerprint density at radius 3 is 3.10 bits per heavy atom. The molecule has 0 amide bonds. The highest BCUT2D eigenvalue weighted by atomic mass is 16.5. The minimum absolute atomic E-state index is 0.251. The minimum atomic E-state index is 0.251. The molecule has 0 bridgehead atoms. The lowest BCUT2D eigenvalue weighted by Crippen LogP contribution is -2.37. The van der Waals surface area contributed by atoms with E-state index in [9.17, 15) is 0 Å². The van der Waals surface area contributed by atoms with Crippen LogP contribution in [0, 0.1) is 0 Å². The zero-order valence-electron chi connectivity index (χ0n) is 12.7. The van der Waals surface area contributed by atoms with Crippen molar-refractivity contribution in [1.29, 1.82) is 0 Å². The number of H-pyrrole nitrogens is 1. The Morgan fingerprint density at radius 1 is 1.38 bits per heavy atom. The molecule has 2 atom stereocenters. The van der Waals surface area contributed by atoms with Crippen LogP contribution in [0.25, 0.3) is 10.9 Å². The molecule has 1 heterocycles. The van der Waals surface area contributed by atoms with Crippen molar-refractivity contribution in [3.63, 3.8) is 0 Å². The van der Waals surface area contributed by atoms with Gasteiger partial charge in [0, 0.05) is 6.04 Å². The Morgan fingerprint density at radius 2 is 2.29 bits per heavy atom. The van der Waals surface area contributed by atoms with E-state index in [0.29, 0.717) is 6.04 Å². The van der Waals surface area contributed by atoms with Crippen molar-refractivity contribution in [2.24, 2.45) is 0 Å². The molecule has 0 spiro atoms. The zero-order valence-corrected chi connectivity index (χ0v) is 12.7. The van der Waals surface area contributed by atoms with Crippen LogP contribution < -0.4 is 14.8 Å². The van der Waals surface area contributed by atoms with Gasteiger partial charge in [0.1, 0.15) is 6.10 Å². The highest BCUT2D eigenvalue weighted by Crippen LogP contribution is 2.36. The number of aromatic amines is 1. The fourth-order valence-electron chi connectivity index (χ4n) is 3.18. The average Bonchev–Trinajstić information content (AvgIpc) is 2.96. The molecule has 21 heavy (non-hydrogen) atoms. The number of methoxy groups -OCH3 is 1. The number of nitrogens with one attached hydrogen (secondary N) is 2. The molecule has 114 valence electrons. The van der Waals surface area contributed by atoms with Crippen LogP contribution in [0.15, 0.2) is 18.3 Å². The second-order valence-corrected chi connectivity index (χ2v) is 5.59. The number of fused-ring (bicyclic) bond motifs is 1. The third-order valence-electron chi connectivity index (χ3n) is 4.16. The largest absolute Gasteiger partial charge is 0.492 e. The van der Waals surface area contributed by atoms with Crippen LogP contribution in [-0.2, 0) is 0 Å². The monoisotopic (exact) mass is 289 g/mol. The van der Waals surface area contributed by atoms with Crippen LogP contribution in [0.3, 0.4) is 0 Å². The summed E-state index contributed by atoms with van der Waals surface area (Å²) in [4.78, 5) is 0. The van der Waals surface area contributed by atoms with E-state index in [2.05, 4.69) is 22.4 Å². The van der Waals surface area contributed by atoms with Crippen LogP contribution in [-0.4, -0.2) is 36.0 Å². The quantitative estimate of drug-likeness (QED) is 0.888. The lowest BCUT2D eigenvalue weighted by molar-refractivity contribution is 0.131. The van der Waals surface area contributed by atoms with Gasteiger partial charge in [-0.25, -0.2) is 0 Å². The summed E-state index contributed by atoms with van der Waals surface area (Å²) in [6.45, 7) is 3.17. The van der Waals surface area contributed by atoms with Crippen LogP contribution in [0.1, 0.15) is 32.6 Å². The van der Waals surface area contributed by atoms with Crippen molar-refractivity contribution in [3.05, 3.63) is 18.3 Å². The minimum Gasteiger partial charge on any atom is -0.492 e. The molecule has 2 N–H and O–H groups in total. The highest BCUT2D eigenvalue weighted by Gasteiger charge is 2.24.